The van der Waals surface area contributed by atoms with Gasteiger partial charge in [-0.1, -0.05) is 6.92 Å². The van der Waals surface area contributed by atoms with Crippen LogP contribution in [0.15, 0.2) is 4.99 Å². The Morgan fingerprint density at radius 2 is 2.47 bits per heavy atom. The number of rotatable bonds is 3. The number of nitrogens with two attached hydrogens (primary N) is 1. The van der Waals surface area contributed by atoms with E-state index in [1.54, 1.807) is 0 Å². The lowest BCUT2D eigenvalue weighted by Crippen LogP contribution is -2.48. The zero-order valence-corrected chi connectivity index (χ0v) is 10.6. The summed E-state index contributed by atoms with van der Waals surface area (Å²) in [6, 6.07) is 0. The smallest absolute Gasteiger partial charge is 0.191 e. The first kappa shape index (κ1) is 12.6. The van der Waals surface area contributed by atoms with Gasteiger partial charge in [0.2, 0.25) is 0 Å². The summed E-state index contributed by atoms with van der Waals surface area (Å²) in [7, 11) is 0. The first-order valence-electron chi connectivity index (χ1n) is 5.32. The molecule has 0 saturated carbocycles. The van der Waals surface area contributed by atoms with E-state index in [-0.39, 0.29) is 6.10 Å². The molecule has 0 amide bonds. The number of nitrogens with zero attached hydrogens (tertiary/aromatic N) is 2. The third-order valence-corrected chi connectivity index (χ3v) is 3.43. The van der Waals surface area contributed by atoms with Gasteiger partial charge in [-0.05, 0) is 13.2 Å². The van der Waals surface area contributed by atoms with Crippen LogP contribution in [0, 0.1) is 0 Å². The molecular formula is C10H21N3OS. The molecule has 2 N–H and O–H groups in total. The van der Waals surface area contributed by atoms with E-state index in [1.807, 2.05) is 11.8 Å². The molecule has 1 aliphatic heterocycles. The van der Waals surface area contributed by atoms with E-state index in [0.717, 1.165) is 26.2 Å². The van der Waals surface area contributed by atoms with Crippen LogP contribution in [0.4, 0.5) is 0 Å². The molecular weight excluding hydrogens is 210 g/mol. The predicted molar refractivity (Wildman–Crippen MR) is 66.5 cm³/mol. The Kier molecular flexibility index (Phi) is 5.25. The van der Waals surface area contributed by atoms with E-state index >= 15 is 0 Å². The van der Waals surface area contributed by atoms with E-state index in [4.69, 9.17) is 10.5 Å². The van der Waals surface area contributed by atoms with Gasteiger partial charge in [-0.2, -0.15) is 11.8 Å². The SMILES string of the molecule is CSC(C)CN=C(N)N1CCOC(C)C1. The van der Waals surface area contributed by atoms with E-state index in [0.29, 0.717) is 11.2 Å². The monoisotopic (exact) mass is 231 g/mol. The van der Waals surface area contributed by atoms with Crippen LogP contribution < -0.4 is 5.73 Å². The molecule has 88 valence electrons. The van der Waals surface area contributed by atoms with Crippen LogP contribution >= 0.6 is 11.8 Å². The largest absolute Gasteiger partial charge is 0.375 e. The summed E-state index contributed by atoms with van der Waals surface area (Å²) >= 11 is 1.81. The molecule has 1 rings (SSSR count). The van der Waals surface area contributed by atoms with E-state index < -0.39 is 0 Å². The fourth-order valence-corrected chi connectivity index (χ4v) is 1.65. The first-order chi connectivity index (χ1) is 7.13. The van der Waals surface area contributed by atoms with Gasteiger partial charge in [0.25, 0.3) is 0 Å². The molecule has 0 radical (unpaired) electrons. The lowest BCUT2D eigenvalue weighted by Gasteiger charge is -2.31. The second-order valence-corrected chi connectivity index (χ2v) is 5.15. The highest BCUT2D eigenvalue weighted by Crippen LogP contribution is 2.06. The maximum atomic E-state index is 5.92. The van der Waals surface area contributed by atoms with Gasteiger partial charge in [0.05, 0.1) is 19.3 Å². The van der Waals surface area contributed by atoms with Gasteiger partial charge in [0.1, 0.15) is 0 Å². The molecule has 4 nitrogen and oxygen atoms in total. The van der Waals surface area contributed by atoms with Crippen molar-refractivity contribution in [2.75, 3.05) is 32.5 Å². The summed E-state index contributed by atoms with van der Waals surface area (Å²) in [6.07, 6.45) is 2.35. The molecule has 5 heteroatoms. The quantitative estimate of drug-likeness (QED) is 0.576. The highest BCUT2D eigenvalue weighted by Gasteiger charge is 2.17. The van der Waals surface area contributed by atoms with Gasteiger partial charge in [-0.3, -0.25) is 4.99 Å². The van der Waals surface area contributed by atoms with Crippen molar-refractivity contribution in [1.29, 1.82) is 0 Å². The molecule has 2 atom stereocenters. The summed E-state index contributed by atoms with van der Waals surface area (Å²) in [6.45, 7) is 7.46. The number of thioether (sulfide) groups is 1. The maximum absolute atomic E-state index is 5.92. The Morgan fingerprint density at radius 1 is 1.73 bits per heavy atom. The maximum Gasteiger partial charge on any atom is 0.191 e. The Morgan fingerprint density at radius 3 is 3.07 bits per heavy atom. The Balaban J connectivity index is 2.40. The summed E-state index contributed by atoms with van der Waals surface area (Å²) in [4.78, 5) is 6.50. The van der Waals surface area contributed by atoms with Crippen molar-refractivity contribution in [2.24, 2.45) is 10.7 Å². The Hall–Kier alpha value is -0.420. The fourth-order valence-electron chi connectivity index (χ4n) is 1.42. The summed E-state index contributed by atoms with van der Waals surface area (Å²) < 4.78 is 5.45. The fraction of sp³-hybridized carbons (Fsp3) is 0.900. The average Bonchev–Trinajstić information content (AvgIpc) is 2.25. The molecule has 0 aromatic carbocycles. The molecule has 15 heavy (non-hydrogen) atoms. The Bertz CT molecular complexity index is 223. The topological polar surface area (TPSA) is 50.8 Å². The second kappa shape index (κ2) is 6.23. The van der Waals surface area contributed by atoms with Gasteiger partial charge in [0.15, 0.2) is 5.96 Å². The molecule has 0 aromatic rings. The minimum absolute atomic E-state index is 0.255. The van der Waals surface area contributed by atoms with Crippen molar-refractivity contribution >= 4 is 17.7 Å². The molecule has 1 fully saturated rings. The van der Waals surface area contributed by atoms with Gasteiger partial charge in [-0.15, -0.1) is 0 Å². The molecule has 2 unspecified atom stereocenters. The third-order valence-electron chi connectivity index (χ3n) is 2.48. The predicted octanol–water partition coefficient (Wildman–Crippen LogP) is 0.773. The zero-order chi connectivity index (χ0) is 11.3. The van der Waals surface area contributed by atoms with Crippen molar-refractivity contribution in [3.05, 3.63) is 0 Å². The zero-order valence-electron chi connectivity index (χ0n) is 9.77. The van der Waals surface area contributed by atoms with Crippen LogP contribution in [-0.4, -0.2) is 54.7 Å². The summed E-state index contributed by atoms with van der Waals surface area (Å²) in [5.41, 5.74) is 5.92. The minimum Gasteiger partial charge on any atom is -0.375 e. The molecule has 0 spiro atoms. The van der Waals surface area contributed by atoms with Crippen LogP contribution in [0.2, 0.25) is 0 Å². The van der Waals surface area contributed by atoms with Gasteiger partial charge >= 0.3 is 0 Å². The van der Waals surface area contributed by atoms with Crippen molar-refractivity contribution in [3.63, 3.8) is 0 Å². The average molecular weight is 231 g/mol. The Labute approximate surface area is 96.2 Å². The van der Waals surface area contributed by atoms with Gasteiger partial charge in [-0.25, -0.2) is 0 Å². The number of morpholine rings is 1. The number of hydrogen-bond donors (Lipinski definition) is 1. The van der Waals surface area contributed by atoms with Crippen LogP contribution in [0.3, 0.4) is 0 Å². The molecule has 1 heterocycles. The van der Waals surface area contributed by atoms with Crippen LogP contribution in [0.5, 0.6) is 0 Å². The van der Waals surface area contributed by atoms with Crippen molar-refractivity contribution < 1.29 is 4.74 Å². The van der Waals surface area contributed by atoms with Crippen molar-refractivity contribution in [3.8, 4) is 0 Å². The third kappa shape index (κ3) is 4.30. The second-order valence-electron chi connectivity index (χ2n) is 3.87. The highest BCUT2D eigenvalue weighted by atomic mass is 32.2. The van der Waals surface area contributed by atoms with E-state index in [1.165, 1.54) is 0 Å². The molecule has 1 saturated heterocycles. The van der Waals surface area contributed by atoms with Gasteiger partial charge < -0.3 is 15.4 Å². The lowest BCUT2D eigenvalue weighted by molar-refractivity contribution is 0.00530. The molecule has 0 aliphatic carbocycles. The normalized spacial score (nSPS) is 25.4. The minimum atomic E-state index is 0.255. The van der Waals surface area contributed by atoms with Crippen LogP contribution in [0.25, 0.3) is 0 Å². The molecule has 0 aromatic heterocycles. The van der Waals surface area contributed by atoms with Crippen molar-refractivity contribution in [1.82, 2.24) is 4.90 Å². The molecule has 1 aliphatic rings. The summed E-state index contributed by atoms with van der Waals surface area (Å²) in [5.74, 6) is 0.658. The number of guanidine groups is 1. The van der Waals surface area contributed by atoms with Gasteiger partial charge in [0, 0.05) is 18.3 Å². The first-order valence-corrected chi connectivity index (χ1v) is 6.61. The standard InChI is InChI=1S/C10H21N3OS/c1-8-7-13(4-5-14-8)10(11)12-6-9(2)15-3/h8-9H,4-7H2,1-3H3,(H2,11,12). The lowest BCUT2D eigenvalue weighted by atomic mass is 10.3. The number of hydrogen-bond acceptors (Lipinski definition) is 3. The van der Waals surface area contributed by atoms with Crippen LogP contribution in [-0.2, 0) is 4.74 Å². The van der Waals surface area contributed by atoms with Crippen molar-refractivity contribution in [2.45, 2.75) is 25.2 Å². The van der Waals surface area contributed by atoms with Crippen LogP contribution in [0.1, 0.15) is 13.8 Å². The summed E-state index contributed by atoms with van der Waals surface area (Å²) in [5, 5.41) is 0.530. The highest BCUT2D eigenvalue weighted by molar-refractivity contribution is 7.99. The number of ether oxygens (including phenoxy) is 1. The number of aliphatic imine (C=N–C) groups is 1. The van der Waals surface area contributed by atoms with E-state index in [2.05, 4.69) is 30.0 Å². The molecule has 0 bridgehead atoms. The van der Waals surface area contributed by atoms with E-state index in [9.17, 15) is 0 Å².